The van der Waals surface area contributed by atoms with E-state index in [0.717, 1.165) is 5.39 Å². The minimum absolute atomic E-state index is 0.0155. The van der Waals surface area contributed by atoms with E-state index in [9.17, 15) is 16.8 Å². The lowest BCUT2D eigenvalue weighted by Crippen LogP contribution is -2.20. The van der Waals surface area contributed by atoms with E-state index >= 15 is 0 Å². The lowest BCUT2D eigenvalue weighted by atomic mass is 10.1. The van der Waals surface area contributed by atoms with Crippen LogP contribution in [-0.2, 0) is 20.2 Å². The molecule has 2 aromatic rings. The zero-order chi connectivity index (χ0) is 14.1. The highest BCUT2D eigenvalue weighted by molar-refractivity contribution is 8.03. The lowest BCUT2D eigenvalue weighted by molar-refractivity contribution is 0.474. The Balaban J connectivity index is 2.42. The molecule has 6 nitrogen and oxygen atoms in total. The molecule has 0 radical (unpaired) electrons. The van der Waals surface area contributed by atoms with Crippen molar-refractivity contribution >= 4 is 31.0 Å². The Bertz CT molecular complexity index is 803. The standard InChI is InChI=1S/C11H10O6S2/c12-18(13,14)8-19(15,16)17-11-7-3-5-9-4-1-2-6-10(9)11/h1-7H,8H2,(H,12,13,14). The van der Waals surface area contributed by atoms with Crippen molar-refractivity contribution in [3.05, 3.63) is 42.5 Å². The maximum Gasteiger partial charge on any atom is 0.326 e. The zero-order valence-electron chi connectivity index (χ0n) is 9.55. The van der Waals surface area contributed by atoms with Gasteiger partial charge in [0.05, 0.1) is 0 Å². The molecule has 0 saturated heterocycles. The normalized spacial score (nSPS) is 12.5. The van der Waals surface area contributed by atoms with E-state index in [1.165, 1.54) is 6.07 Å². The Kier molecular flexibility index (Phi) is 3.48. The van der Waals surface area contributed by atoms with Crippen molar-refractivity contribution < 1.29 is 25.6 Å². The highest BCUT2D eigenvalue weighted by Gasteiger charge is 2.22. The minimum Gasteiger partial charge on any atom is -0.381 e. The quantitative estimate of drug-likeness (QED) is 0.677. The van der Waals surface area contributed by atoms with Gasteiger partial charge in [0.25, 0.3) is 10.1 Å². The summed E-state index contributed by atoms with van der Waals surface area (Å²) in [5.41, 5.74) is 0. The highest BCUT2D eigenvalue weighted by Crippen LogP contribution is 2.26. The molecule has 0 unspecified atom stereocenters. The maximum absolute atomic E-state index is 11.5. The molecule has 1 N–H and O–H groups in total. The zero-order valence-corrected chi connectivity index (χ0v) is 11.2. The Hall–Kier alpha value is -1.64. The van der Waals surface area contributed by atoms with Crippen molar-refractivity contribution in [1.82, 2.24) is 0 Å². The molecule has 0 aliphatic carbocycles. The lowest BCUT2D eigenvalue weighted by Gasteiger charge is -2.08. The largest absolute Gasteiger partial charge is 0.381 e. The van der Waals surface area contributed by atoms with Crippen LogP contribution in [0.2, 0.25) is 0 Å². The van der Waals surface area contributed by atoms with Gasteiger partial charge in [0.2, 0.25) is 5.08 Å². The van der Waals surface area contributed by atoms with E-state index in [4.69, 9.17) is 8.74 Å². The highest BCUT2D eigenvalue weighted by atomic mass is 32.3. The summed E-state index contributed by atoms with van der Waals surface area (Å²) in [4.78, 5) is 0. The molecule has 102 valence electrons. The summed E-state index contributed by atoms with van der Waals surface area (Å²) in [6, 6.07) is 11.6. The fourth-order valence-corrected chi connectivity index (χ4v) is 3.68. The summed E-state index contributed by atoms with van der Waals surface area (Å²) in [5.74, 6) is 0.0155. The summed E-state index contributed by atoms with van der Waals surface area (Å²) < 4.78 is 57.5. The first-order chi connectivity index (χ1) is 8.77. The Morgan fingerprint density at radius 1 is 0.947 bits per heavy atom. The van der Waals surface area contributed by atoms with Gasteiger partial charge in [-0.3, -0.25) is 4.55 Å². The van der Waals surface area contributed by atoms with Gasteiger partial charge in [-0.15, -0.1) is 0 Å². The average Bonchev–Trinajstić information content (AvgIpc) is 2.25. The van der Waals surface area contributed by atoms with Crippen LogP contribution in [0.3, 0.4) is 0 Å². The summed E-state index contributed by atoms with van der Waals surface area (Å²) in [6.45, 7) is 0. The van der Waals surface area contributed by atoms with Crippen molar-refractivity contribution in [2.75, 3.05) is 5.08 Å². The van der Waals surface area contributed by atoms with Gasteiger partial charge < -0.3 is 4.18 Å². The van der Waals surface area contributed by atoms with E-state index in [2.05, 4.69) is 0 Å². The second kappa shape index (κ2) is 4.80. The monoisotopic (exact) mass is 302 g/mol. The van der Waals surface area contributed by atoms with E-state index in [0.29, 0.717) is 5.39 Å². The fourth-order valence-electron chi connectivity index (χ4n) is 1.61. The van der Waals surface area contributed by atoms with Crippen LogP contribution in [0.4, 0.5) is 0 Å². The molecule has 2 aromatic carbocycles. The van der Waals surface area contributed by atoms with Crippen molar-refractivity contribution in [1.29, 1.82) is 0 Å². The number of hydrogen-bond acceptors (Lipinski definition) is 5. The van der Waals surface area contributed by atoms with E-state index in [1.807, 2.05) is 0 Å². The third kappa shape index (κ3) is 3.66. The minimum atomic E-state index is -4.67. The molecule has 0 saturated carbocycles. The SMILES string of the molecule is O=S(=O)(O)CS(=O)(=O)Oc1cccc2ccccc12. The number of benzene rings is 2. The van der Waals surface area contributed by atoms with Gasteiger partial charge in [-0.2, -0.15) is 16.8 Å². The topological polar surface area (TPSA) is 97.7 Å². The van der Waals surface area contributed by atoms with Gasteiger partial charge in [-0.25, -0.2) is 0 Å². The van der Waals surface area contributed by atoms with Crippen molar-refractivity contribution in [2.24, 2.45) is 0 Å². The van der Waals surface area contributed by atoms with Crippen LogP contribution in [-0.4, -0.2) is 26.5 Å². The molecular formula is C11H10O6S2. The molecule has 0 aliphatic rings. The van der Waals surface area contributed by atoms with Crippen LogP contribution in [0.1, 0.15) is 0 Å². The summed E-state index contributed by atoms with van der Waals surface area (Å²) in [6.07, 6.45) is 0. The van der Waals surface area contributed by atoms with Crippen LogP contribution in [0.15, 0.2) is 42.5 Å². The molecule has 8 heteroatoms. The number of rotatable bonds is 4. The molecule has 0 aliphatic heterocycles. The third-order valence-electron chi connectivity index (χ3n) is 2.26. The molecule has 2 rings (SSSR count). The van der Waals surface area contributed by atoms with Crippen LogP contribution in [0.5, 0.6) is 5.75 Å². The molecule has 0 amide bonds. The smallest absolute Gasteiger partial charge is 0.326 e. The molecule has 0 aromatic heterocycles. The Morgan fingerprint density at radius 2 is 1.58 bits per heavy atom. The molecule has 0 fully saturated rings. The summed E-state index contributed by atoms with van der Waals surface area (Å²) in [5, 5.41) is -0.200. The summed E-state index contributed by atoms with van der Waals surface area (Å²) in [7, 11) is -9.09. The fraction of sp³-hybridized carbons (Fsp3) is 0.0909. The summed E-state index contributed by atoms with van der Waals surface area (Å²) >= 11 is 0. The van der Waals surface area contributed by atoms with E-state index in [1.54, 1.807) is 36.4 Å². The van der Waals surface area contributed by atoms with Gasteiger partial charge in [0.15, 0.2) is 0 Å². The van der Waals surface area contributed by atoms with Gasteiger partial charge in [-0.05, 0) is 11.5 Å². The Labute approximate surface area is 110 Å². The van der Waals surface area contributed by atoms with Crippen LogP contribution in [0, 0.1) is 0 Å². The van der Waals surface area contributed by atoms with Gasteiger partial charge in [0.1, 0.15) is 5.75 Å². The molecular weight excluding hydrogens is 292 g/mol. The van der Waals surface area contributed by atoms with Gasteiger partial charge in [-0.1, -0.05) is 36.4 Å². The van der Waals surface area contributed by atoms with Gasteiger partial charge >= 0.3 is 10.1 Å². The van der Waals surface area contributed by atoms with Crippen LogP contribution < -0.4 is 4.18 Å². The van der Waals surface area contributed by atoms with Crippen molar-refractivity contribution in [3.63, 3.8) is 0 Å². The molecule has 0 heterocycles. The number of hydrogen-bond donors (Lipinski definition) is 1. The Morgan fingerprint density at radius 3 is 2.26 bits per heavy atom. The predicted octanol–water partition coefficient (Wildman–Crippen LogP) is 1.39. The van der Waals surface area contributed by atoms with E-state index in [-0.39, 0.29) is 5.75 Å². The molecule has 19 heavy (non-hydrogen) atoms. The molecule has 0 spiro atoms. The average molecular weight is 302 g/mol. The van der Waals surface area contributed by atoms with Crippen LogP contribution >= 0.6 is 0 Å². The molecule has 0 bridgehead atoms. The first kappa shape index (κ1) is 13.8. The van der Waals surface area contributed by atoms with Crippen LogP contribution in [0.25, 0.3) is 10.8 Å². The second-order valence-electron chi connectivity index (χ2n) is 3.82. The van der Waals surface area contributed by atoms with Crippen molar-refractivity contribution in [2.45, 2.75) is 0 Å². The van der Waals surface area contributed by atoms with Crippen molar-refractivity contribution in [3.8, 4) is 5.75 Å². The first-order valence-electron chi connectivity index (χ1n) is 5.12. The predicted molar refractivity (Wildman–Crippen MR) is 69.9 cm³/mol. The second-order valence-corrected chi connectivity index (χ2v) is 7.21. The maximum atomic E-state index is 11.5. The first-order valence-corrected chi connectivity index (χ1v) is 8.31. The third-order valence-corrected chi connectivity index (χ3v) is 5.04. The molecule has 0 atom stereocenters. The number of fused-ring (bicyclic) bond motifs is 1. The van der Waals surface area contributed by atoms with E-state index < -0.39 is 25.3 Å². The van der Waals surface area contributed by atoms with Gasteiger partial charge in [0, 0.05) is 5.39 Å².